The van der Waals surface area contributed by atoms with Crippen LogP contribution in [0.3, 0.4) is 0 Å². The molecule has 1 aromatic carbocycles. The van der Waals surface area contributed by atoms with Crippen molar-refractivity contribution >= 4 is 17.3 Å². The number of nitrogens with two attached hydrogens (primary N) is 2. The summed E-state index contributed by atoms with van der Waals surface area (Å²) < 4.78 is 0. The summed E-state index contributed by atoms with van der Waals surface area (Å²) in [7, 11) is 0. The van der Waals surface area contributed by atoms with Gasteiger partial charge >= 0.3 is 0 Å². The van der Waals surface area contributed by atoms with Crippen LogP contribution in [0, 0.1) is 5.92 Å². The number of carbonyl (C=O) groups excluding carboxylic acids is 1. The van der Waals surface area contributed by atoms with E-state index in [0.717, 1.165) is 19.4 Å². The molecule has 1 aliphatic carbocycles. The first-order valence-electron chi connectivity index (χ1n) is 7.45. The molecule has 1 amide bonds. The van der Waals surface area contributed by atoms with Crippen molar-refractivity contribution in [3.05, 3.63) is 23.8 Å². The van der Waals surface area contributed by atoms with Gasteiger partial charge in [-0.3, -0.25) is 4.79 Å². The minimum atomic E-state index is 0.0445. The minimum absolute atomic E-state index is 0.0445. The second-order valence-electron chi connectivity index (χ2n) is 6.14. The zero-order valence-electron chi connectivity index (χ0n) is 12.4. The summed E-state index contributed by atoms with van der Waals surface area (Å²) in [6.07, 6.45) is 4.63. The average molecular weight is 275 g/mol. The Morgan fingerprint density at radius 1 is 1.30 bits per heavy atom. The Hall–Kier alpha value is -1.71. The zero-order valence-corrected chi connectivity index (χ0v) is 12.4. The monoisotopic (exact) mass is 275 g/mol. The van der Waals surface area contributed by atoms with Crippen LogP contribution >= 0.6 is 0 Å². The van der Waals surface area contributed by atoms with Gasteiger partial charge in [0, 0.05) is 24.0 Å². The molecule has 0 spiro atoms. The molecule has 2 rings (SSSR count). The zero-order chi connectivity index (χ0) is 14.7. The van der Waals surface area contributed by atoms with Gasteiger partial charge in [0.2, 0.25) is 0 Å². The van der Waals surface area contributed by atoms with Gasteiger partial charge in [0.15, 0.2) is 0 Å². The van der Waals surface area contributed by atoms with Crippen LogP contribution in [0.25, 0.3) is 0 Å². The third-order valence-electron chi connectivity index (χ3n) is 3.89. The number of anilines is 2. The average Bonchev–Trinajstić information content (AvgIpc) is 2.88. The van der Waals surface area contributed by atoms with E-state index in [4.69, 9.17) is 11.5 Å². The minimum Gasteiger partial charge on any atom is -0.399 e. The number of nitrogens with zero attached hydrogens (tertiary/aromatic N) is 1. The summed E-state index contributed by atoms with van der Waals surface area (Å²) >= 11 is 0. The fourth-order valence-corrected chi connectivity index (χ4v) is 2.94. The maximum absolute atomic E-state index is 12.8. The van der Waals surface area contributed by atoms with Crippen LogP contribution in [0.15, 0.2) is 18.2 Å². The normalized spacial score (nSPS) is 15.8. The fourth-order valence-electron chi connectivity index (χ4n) is 2.94. The Morgan fingerprint density at radius 2 is 1.95 bits per heavy atom. The molecule has 4 N–H and O–H groups in total. The molecule has 0 radical (unpaired) electrons. The topological polar surface area (TPSA) is 72.3 Å². The predicted octanol–water partition coefficient (Wildman–Crippen LogP) is 2.89. The van der Waals surface area contributed by atoms with Gasteiger partial charge in [-0.05, 0) is 37.0 Å². The SMILES string of the molecule is CC(C)CN(C(=O)c1ccc(N)cc1N)C1CCCC1. The molecule has 0 saturated heterocycles. The Morgan fingerprint density at radius 3 is 2.50 bits per heavy atom. The highest BCUT2D eigenvalue weighted by Gasteiger charge is 2.28. The Balaban J connectivity index is 2.24. The van der Waals surface area contributed by atoms with E-state index in [9.17, 15) is 4.79 Å². The lowest BCUT2D eigenvalue weighted by molar-refractivity contribution is 0.0656. The largest absolute Gasteiger partial charge is 0.399 e. The summed E-state index contributed by atoms with van der Waals surface area (Å²) in [5.41, 5.74) is 13.3. The van der Waals surface area contributed by atoms with Gasteiger partial charge in [-0.15, -0.1) is 0 Å². The lowest BCUT2D eigenvalue weighted by Gasteiger charge is -2.31. The summed E-state index contributed by atoms with van der Waals surface area (Å²) in [5, 5.41) is 0. The van der Waals surface area contributed by atoms with Gasteiger partial charge in [-0.2, -0.15) is 0 Å². The quantitative estimate of drug-likeness (QED) is 0.830. The molecule has 1 aromatic rings. The highest BCUT2D eigenvalue weighted by molar-refractivity contribution is 5.99. The number of amides is 1. The van der Waals surface area contributed by atoms with E-state index in [2.05, 4.69) is 13.8 Å². The van der Waals surface area contributed by atoms with Crippen molar-refractivity contribution in [2.24, 2.45) is 5.92 Å². The van der Waals surface area contributed by atoms with Crippen LogP contribution in [0.2, 0.25) is 0 Å². The van der Waals surface area contributed by atoms with E-state index in [1.54, 1.807) is 18.2 Å². The van der Waals surface area contributed by atoms with E-state index >= 15 is 0 Å². The molecule has 0 bridgehead atoms. The number of rotatable bonds is 4. The van der Waals surface area contributed by atoms with Crippen molar-refractivity contribution in [1.82, 2.24) is 4.90 Å². The van der Waals surface area contributed by atoms with Crippen molar-refractivity contribution in [2.75, 3.05) is 18.0 Å². The van der Waals surface area contributed by atoms with E-state index in [-0.39, 0.29) is 5.91 Å². The van der Waals surface area contributed by atoms with Gasteiger partial charge in [0.05, 0.1) is 5.56 Å². The van der Waals surface area contributed by atoms with E-state index < -0.39 is 0 Å². The van der Waals surface area contributed by atoms with Crippen LogP contribution in [0.1, 0.15) is 49.9 Å². The van der Waals surface area contributed by atoms with Crippen molar-refractivity contribution in [3.63, 3.8) is 0 Å². The molecule has 20 heavy (non-hydrogen) atoms. The molecule has 4 heteroatoms. The van der Waals surface area contributed by atoms with Crippen LogP contribution in [0.4, 0.5) is 11.4 Å². The van der Waals surface area contributed by atoms with E-state index in [1.165, 1.54) is 12.8 Å². The summed E-state index contributed by atoms with van der Waals surface area (Å²) in [6.45, 7) is 5.07. The van der Waals surface area contributed by atoms with Crippen molar-refractivity contribution < 1.29 is 4.79 Å². The molecule has 0 unspecified atom stereocenters. The third kappa shape index (κ3) is 3.24. The molecule has 4 nitrogen and oxygen atoms in total. The second kappa shape index (κ2) is 6.16. The number of hydrogen-bond acceptors (Lipinski definition) is 3. The van der Waals surface area contributed by atoms with Crippen molar-refractivity contribution in [1.29, 1.82) is 0 Å². The molecule has 0 aromatic heterocycles. The van der Waals surface area contributed by atoms with Gasteiger partial charge < -0.3 is 16.4 Å². The molecular formula is C16H25N3O. The standard InChI is InChI=1S/C16H25N3O/c1-11(2)10-19(13-5-3-4-6-13)16(20)14-8-7-12(17)9-15(14)18/h7-9,11,13H,3-6,10,17-18H2,1-2H3. The van der Waals surface area contributed by atoms with Crippen LogP contribution in [-0.2, 0) is 0 Å². The lowest BCUT2D eigenvalue weighted by Crippen LogP contribution is -2.41. The number of carbonyl (C=O) groups is 1. The van der Waals surface area contributed by atoms with Crippen LogP contribution in [-0.4, -0.2) is 23.4 Å². The third-order valence-corrected chi connectivity index (χ3v) is 3.89. The summed E-state index contributed by atoms with van der Waals surface area (Å²) in [6, 6.07) is 5.51. The van der Waals surface area contributed by atoms with Gasteiger partial charge in [0.1, 0.15) is 0 Å². The van der Waals surface area contributed by atoms with Crippen molar-refractivity contribution in [2.45, 2.75) is 45.6 Å². The Labute approximate surface area is 121 Å². The molecule has 1 aliphatic rings. The molecule has 0 atom stereocenters. The number of benzene rings is 1. The number of hydrogen-bond donors (Lipinski definition) is 2. The molecule has 1 saturated carbocycles. The first-order chi connectivity index (χ1) is 9.49. The molecule has 1 fully saturated rings. The first-order valence-corrected chi connectivity index (χ1v) is 7.45. The van der Waals surface area contributed by atoms with Crippen LogP contribution < -0.4 is 11.5 Å². The first kappa shape index (κ1) is 14.7. The van der Waals surface area contributed by atoms with Gasteiger partial charge in [0.25, 0.3) is 5.91 Å². The highest BCUT2D eigenvalue weighted by atomic mass is 16.2. The van der Waals surface area contributed by atoms with Gasteiger partial charge in [-0.1, -0.05) is 26.7 Å². The van der Waals surface area contributed by atoms with Gasteiger partial charge in [-0.25, -0.2) is 0 Å². The lowest BCUT2D eigenvalue weighted by atomic mass is 10.1. The predicted molar refractivity (Wildman–Crippen MR) is 83.4 cm³/mol. The maximum atomic E-state index is 12.8. The molecule has 0 heterocycles. The second-order valence-corrected chi connectivity index (χ2v) is 6.14. The van der Waals surface area contributed by atoms with E-state index in [0.29, 0.717) is 28.9 Å². The smallest absolute Gasteiger partial charge is 0.256 e. The maximum Gasteiger partial charge on any atom is 0.256 e. The molecular weight excluding hydrogens is 250 g/mol. The molecule has 110 valence electrons. The number of nitrogen functional groups attached to an aromatic ring is 2. The Bertz CT molecular complexity index is 479. The fraction of sp³-hybridized carbons (Fsp3) is 0.562. The van der Waals surface area contributed by atoms with Crippen LogP contribution in [0.5, 0.6) is 0 Å². The van der Waals surface area contributed by atoms with Crippen molar-refractivity contribution in [3.8, 4) is 0 Å². The highest BCUT2D eigenvalue weighted by Crippen LogP contribution is 2.27. The Kier molecular flexibility index (Phi) is 4.53. The summed E-state index contributed by atoms with van der Waals surface area (Å²) in [4.78, 5) is 14.8. The molecule has 0 aliphatic heterocycles. The summed E-state index contributed by atoms with van der Waals surface area (Å²) in [5.74, 6) is 0.498. The van der Waals surface area contributed by atoms with E-state index in [1.807, 2.05) is 4.90 Å².